The van der Waals surface area contributed by atoms with Crippen LogP contribution in [0.25, 0.3) is 16.4 Å². The molecule has 4 heterocycles. The molecule has 2 saturated heterocycles. The lowest BCUT2D eigenvalue weighted by molar-refractivity contribution is 0.0769. The van der Waals surface area contributed by atoms with E-state index >= 15 is 0 Å². The standard InChI is InChI=1S/C19H22N6O2/c1-27-15-4-2-3-12-14-9-13(23-25(14)18(20)22-16(12)15)17(26)24-8-6-19(11-24)5-7-21-10-19/h2-4,9,21H,5-8,10-11H2,1H3,(H2,20,22). The van der Waals surface area contributed by atoms with Gasteiger partial charge in [-0.05, 0) is 31.5 Å². The number of fused-ring (bicyclic) bond motifs is 3. The van der Waals surface area contributed by atoms with Gasteiger partial charge in [-0.15, -0.1) is 0 Å². The average molecular weight is 366 g/mol. The lowest BCUT2D eigenvalue weighted by Gasteiger charge is -2.22. The van der Waals surface area contributed by atoms with E-state index in [9.17, 15) is 4.79 Å². The number of carbonyl (C=O) groups excluding carboxylic acids is 1. The van der Waals surface area contributed by atoms with Gasteiger partial charge < -0.3 is 20.7 Å². The number of amides is 1. The third kappa shape index (κ3) is 2.43. The van der Waals surface area contributed by atoms with Gasteiger partial charge in [0.15, 0.2) is 5.69 Å². The van der Waals surface area contributed by atoms with Crippen LogP contribution in [0.4, 0.5) is 5.95 Å². The summed E-state index contributed by atoms with van der Waals surface area (Å²) in [6.07, 6.45) is 2.17. The smallest absolute Gasteiger partial charge is 0.274 e. The summed E-state index contributed by atoms with van der Waals surface area (Å²) in [5, 5.41) is 8.73. The number of likely N-dealkylation sites (tertiary alicyclic amines) is 1. The van der Waals surface area contributed by atoms with Gasteiger partial charge in [0.25, 0.3) is 5.91 Å². The van der Waals surface area contributed by atoms with Gasteiger partial charge in [-0.1, -0.05) is 12.1 Å². The summed E-state index contributed by atoms with van der Waals surface area (Å²) in [6, 6.07) is 7.47. The first-order valence-corrected chi connectivity index (χ1v) is 9.22. The van der Waals surface area contributed by atoms with Crippen LogP contribution in [-0.2, 0) is 0 Å². The Morgan fingerprint density at radius 1 is 1.37 bits per heavy atom. The summed E-state index contributed by atoms with van der Waals surface area (Å²) in [5.41, 5.74) is 8.17. The Morgan fingerprint density at radius 3 is 3.04 bits per heavy atom. The molecule has 2 fully saturated rings. The number of nitrogens with zero attached hydrogens (tertiary/aromatic N) is 4. The molecule has 2 aliphatic rings. The topological polar surface area (TPSA) is 97.8 Å². The Labute approximate surface area is 156 Å². The second-order valence-electron chi connectivity index (χ2n) is 7.56. The van der Waals surface area contributed by atoms with Crippen molar-refractivity contribution in [3.05, 3.63) is 30.0 Å². The van der Waals surface area contributed by atoms with Crippen LogP contribution in [0.3, 0.4) is 0 Å². The Hall–Kier alpha value is -2.87. The number of nitrogen functional groups attached to an aromatic ring is 1. The Balaban J connectivity index is 1.56. The van der Waals surface area contributed by atoms with E-state index in [4.69, 9.17) is 10.5 Å². The number of nitrogens with one attached hydrogen (secondary N) is 1. The van der Waals surface area contributed by atoms with Gasteiger partial charge in [-0.2, -0.15) is 9.61 Å². The first kappa shape index (κ1) is 16.3. The molecule has 1 amide bonds. The highest BCUT2D eigenvalue weighted by Crippen LogP contribution is 2.36. The minimum absolute atomic E-state index is 0.0436. The van der Waals surface area contributed by atoms with Gasteiger partial charge in [0.05, 0.1) is 12.6 Å². The molecule has 3 aromatic rings. The fourth-order valence-corrected chi connectivity index (χ4v) is 4.44. The number of anilines is 1. The summed E-state index contributed by atoms with van der Waals surface area (Å²) in [4.78, 5) is 19.4. The fourth-order valence-electron chi connectivity index (χ4n) is 4.44. The zero-order valence-corrected chi connectivity index (χ0v) is 15.2. The second kappa shape index (κ2) is 5.82. The number of ether oxygens (including phenoxy) is 1. The molecule has 0 radical (unpaired) electrons. The van der Waals surface area contributed by atoms with Crippen LogP contribution in [-0.4, -0.2) is 58.7 Å². The van der Waals surface area contributed by atoms with Crippen LogP contribution in [0, 0.1) is 5.41 Å². The van der Waals surface area contributed by atoms with E-state index in [1.807, 2.05) is 23.1 Å². The van der Waals surface area contributed by atoms with Crippen molar-refractivity contribution in [3.63, 3.8) is 0 Å². The predicted octanol–water partition coefficient (Wildman–Crippen LogP) is 1.30. The molecule has 1 aromatic carbocycles. The zero-order chi connectivity index (χ0) is 18.6. The first-order valence-electron chi connectivity index (χ1n) is 9.22. The van der Waals surface area contributed by atoms with Gasteiger partial charge in [0.2, 0.25) is 5.95 Å². The monoisotopic (exact) mass is 366 g/mol. The van der Waals surface area contributed by atoms with E-state index in [0.29, 0.717) is 17.0 Å². The molecule has 8 nitrogen and oxygen atoms in total. The highest BCUT2D eigenvalue weighted by molar-refractivity contribution is 6.01. The van der Waals surface area contributed by atoms with E-state index in [1.54, 1.807) is 13.2 Å². The summed E-state index contributed by atoms with van der Waals surface area (Å²) in [7, 11) is 1.60. The van der Waals surface area contributed by atoms with Crippen molar-refractivity contribution in [2.24, 2.45) is 5.41 Å². The van der Waals surface area contributed by atoms with Crippen molar-refractivity contribution >= 4 is 28.3 Å². The number of benzene rings is 1. The Kier molecular flexibility index (Phi) is 3.51. The summed E-state index contributed by atoms with van der Waals surface area (Å²) >= 11 is 0. The maximum atomic E-state index is 13.1. The maximum Gasteiger partial charge on any atom is 0.274 e. The third-order valence-corrected chi connectivity index (χ3v) is 5.92. The molecule has 0 aliphatic carbocycles. The number of hydrogen-bond acceptors (Lipinski definition) is 6. The van der Waals surface area contributed by atoms with E-state index in [1.165, 1.54) is 4.52 Å². The van der Waals surface area contributed by atoms with E-state index in [2.05, 4.69) is 15.4 Å². The van der Waals surface area contributed by atoms with Crippen molar-refractivity contribution in [2.45, 2.75) is 12.8 Å². The lowest BCUT2D eigenvalue weighted by Crippen LogP contribution is -2.33. The van der Waals surface area contributed by atoms with E-state index in [0.717, 1.165) is 49.9 Å². The molecule has 0 saturated carbocycles. The number of methoxy groups -OCH3 is 1. The van der Waals surface area contributed by atoms with Crippen LogP contribution >= 0.6 is 0 Å². The van der Waals surface area contributed by atoms with Crippen molar-refractivity contribution in [1.29, 1.82) is 0 Å². The van der Waals surface area contributed by atoms with Gasteiger partial charge in [0.1, 0.15) is 11.3 Å². The number of rotatable bonds is 2. The van der Waals surface area contributed by atoms with E-state index in [-0.39, 0.29) is 17.3 Å². The molecule has 3 N–H and O–H groups in total. The SMILES string of the molecule is COc1cccc2c1nc(N)n1nc(C(=O)N3CCC4(CCNC4)C3)cc21. The van der Waals surface area contributed by atoms with Gasteiger partial charge in [-0.3, -0.25) is 4.79 Å². The fraction of sp³-hybridized carbons (Fsp3) is 0.421. The second-order valence-corrected chi connectivity index (χ2v) is 7.56. The van der Waals surface area contributed by atoms with Crippen molar-refractivity contribution in [3.8, 4) is 5.75 Å². The number of aromatic nitrogens is 3. The summed E-state index contributed by atoms with van der Waals surface area (Å²) in [5.74, 6) is 0.836. The quantitative estimate of drug-likeness (QED) is 0.709. The highest BCUT2D eigenvalue weighted by atomic mass is 16.5. The van der Waals surface area contributed by atoms with Crippen molar-refractivity contribution in [2.75, 3.05) is 39.0 Å². The molecule has 5 rings (SSSR count). The van der Waals surface area contributed by atoms with Crippen LogP contribution in [0.1, 0.15) is 23.3 Å². The molecular formula is C19H22N6O2. The Bertz CT molecular complexity index is 1050. The lowest BCUT2D eigenvalue weighted by atomic mass is 9.87. The number of nitrogens with two attached hydrogens (primary N) is 1. The molecule has 2 aromatic heterocycles. The highest BCUT2D eigenvalue weighted by Gasteiger charge is 2.42. The van der Waals surface area contributed by atoms with Gasteiger partial charge in [-0.25, -0.2) is 4.98 Å². The van der Waals surface area contributed by atoms with Crippen molar-refractivity contribution in [1.82, 2.24) is 24.8 Å². The molecule has 27 heavy (non-hydrogen) atoms. The Morgan fingerprint density at radius 2 is 2.26 bits per heavy atom. The number of hydrogen-bond donors (Lipinski definition) is 2. The van der Waals surface area contributed by atoms with E-state index < -0.39 is 0 Å². The van der Waals surface area contributed by atoms with Gasteiger partial charge >= 0.3 is 0 Å². The third-order valence-electron chi connectivity index (χ3n) is 5.92. The predicted molar refractivity (Wildman–Crippen MR) is 102 cm³/mol. The summed E-state index contributed by atoms with van der Waals surface area (Å²) < 4.78 is 6.93. The van der Waals surface area contributed by atoms with Crippen molar-refractivity contribution < 1.29 is 9.53 Å². The molecule has 8 heteroatoms. The first-order chi connectivity index (χ1) is 13.1. The number of carbonyl (C=O) groups is 1. The largest absolute Gasteiger partial charge is 0.494 e. The summed E-state index contributed by atoms with van der Waals surface area (Å²) in [6.45, 7) is 3.58. The average Bonchev–Trinajstić information content (AvgIpc) is 3.42. The molecule has 1 atom stereocenters. The van der Waals surface area contributed by atoms with Gasteiger partial charge in [0, 0.05) is 30.4 Å². The minimum Gasteiger partial charge on any atom is -0.494 e. The molecule has 2 aliphatic heterocycles. The van der Waals surface area contributed by atoms with Crippen LogP contribution in [0.2, 0.25) is 0 Å². The maximum absolute atomic E-state index is 13.1. The van der Waals surface area contributed by atoms with Crippen LogP contribution < -0.4 is 15.8 Å². The van der Waals surface area contributed by atoms with Crippen LogP contribution in [0.15, 0.2) is 24.3 Å². The molecule has 140 valence electrons. The van der Waals surface area contributed by atoms with Crippen LogP contribution in [0.5, 0.6) is 5.75 Å². The molecule has 0 bridgehead atoms. The molecule has 1 spiro atoms. The number of para-hydroxylation sites is 1. The molecule has 1 unspecified atom stereocenters. The molecular weight excluding hydrogens is 344 g/mol. The zero-order valence-electron chi connectivity index (χ0n) is 15.2. The normalized spacial score (nSPS) is 22.3. The minimum atomic E-state index is -0.0436.